The van der Waals surface area contributed by atoms with Crippen molar-refractivity contribution >= 4 is 17.2 Å². The molecule has 0 bridgehead atoms. The summed E-state index contributed by atoms with van der Waals surface area (Å²) in [6, 6.07) is 10.5. The molecule has 17 heavy (non-hydrogen) atoms. The lowest BCUT2D eigenvalue weighted by Crippen LogP contribution is -2.27. The monoisotopic (exact) mass is 248 g/mol. The highest BCUT2D eigenvalue weighted by atomic mass is 35.5. The third-order valence-corrected chi connectivity index (χ3v) is 3.05. The molecule has 0 radical (unpaired) electrons. The topological polar surface area (TPSA) is 49.8 Å². The molecular formula is C13H10ClFN2. The maximum Gasteiger partial charge on any atom is 0.226 e. The minimum atomic E-state index is -2.11. The van der Waals surface area contributed by atoms with Crippen LogP contribution in [0.3, 0.4) is 0 Å². The summed E-state index contributed by atoms with van der Waals surface area (Å²) in [7, 11) is 0. The van der Waals surface area contributed by atoms with E-state index in [0.29, 0.717) is 11.3 Å². The Balaban J connectivity index is 2.57. The molecule has 1 aromatic rings. The first-order chi connectivity index (χ1) is 8.07. The minimum absolute atomic E-state index is 0.189. The third-order valence-electron chi connectivity index (χ3n) is 2.70. The predicted octanol–water partition coefficient (Wildman–Crippen LogP) is 3.11. The molecule has 1 aromatic carbocycles. The predicted molar refractivity (Wildman–Crippen MR) is 65.6 cm³/mol. The number of halogens is 2. The lowest BCUT2D eigenvalue weighted by atomic mass is 9.84. The van der Waals surface area contributed by atoms with Crippen molar-refractivity contribution < 1.29 is 4.39 Å². The lowest BCUT2D eigenvalue weighted by Gasteiger charge is -2.25. The number of rotatable bonds is 1. The summed E-state index contributed by atoms with van der Waals surface area (Å²) in [4.78, 5) is 0. The lowest BCUT2D eigenvalue weighted by molar-refractivity contribution is 0.320. The molecule has 2 nitrogen and oxygen atoms in total. The number of hydrogen-bond donors (Lipinski definition) is 1. The summed E-state index contributed by atoms with van der Waals surface area (Å²) in [5.41, 5.74) is 4.79. The van der Waals surface area contributed by atoms with Gasteiger partial charge in [0.2, 0.25) is 5.67 Å². The third kappa shape index (κ3) is 2.04. The van der Waals surface area contributed by atoms with Gasteiger partial charge in [0.25, 0.3) is 0 Å². The molecule has 0 aliphatic heterocycles. The molecule has 1 atom stereocenters. The summed E-state index contributed by atoms with van der Waals surface area (Å²) in [6.07, 6.45) is 1.24. The van der Waals surface area contributed by atoms with Crippen LogP contribution in [0.5, 0.6) is 0 Å². The summed E-state index contributed by atoms with van der Waals surface area (Å²) in [6.45, 7) is 0. The van der Waals surface area contributed by atoms with Crippen LogP contribution in [0.25, 0.3) is 5.57 Å². The number of alkyl halides is 1. The number of benzene rings is 1. The summed E-state index contributed by atoms with van der Waals surface area (Å²) in [5.74, 6) is 0. The van der Waals surface area contributed by atoms with Gasteiger partial charge in [0.15, 0.2) is 0 Å². The van der Waals surface area contributed by atoms with Crippen molar-refractivity contribution in [3.8, 4) is 6.07 Å². The largest absolute Gasteiger partial charge is 0.398 e. The Bertz CT molecular complexity index is 542. The Hall–Kier alpha value is -1.79. The Labute approximate surface area is 104 Å². The van der Waals surface area contributed by atoms with E-state index in [4.69, 9.17) is 22.6 Å². The van der Waals surface area contributed by atoms with Gasteiger partial charge in [-0.3, -0.25) is 0 Å². The molecule has 0 spiro atoms. The minimum Gasteiger partial charge on any atom is -0.398 e. The van der Waals surface area contributed by atoms with Gasteiger partial charge < -0.3 is 5.73 Å². The van der Waals surface area contributed by atoms with E-state index in [9.17, 15) is 4.39 Å². The van der Waals surface area contributed by atoms with E-state index in [0.717, 1.165) is 0 Å². The highest BCUT2D eigenvalue weighted by Gasteiger charge is 2.39. The fraction of sp³-hybridized carbons (Fsp3) is 0.154. The standard InChI is InChI=1S/C13H10ClFN2/c14-11-7-13(15,8-16)10(6-12(11)17)9-4-2-1-3-5-9/h1-6H,7,17H2. The van der Waals surface area contributed by atoms with Crippen molar-refractivity contribution in [2.24, 2.45) is 5.73 Å². The average molecular weight is 249 g/mol. The fourth-order valence-electron chi connectivity index (χ4n) is 1.79. The zero-order chi connectivity index (χ0) is 12.5. The summed E-state index contributed by atoms with van der Waals surface area (Å²) in [5, 5.41) is 9.19. The molecule has 1 unspecified atom stereocenters. The van der Waals surface area contributed by atoms with E-state index >= 15 is 0 Å². The SMILES string of the molecule is N#CC1(F)CC(Cl)=C(N)C=C1c1ccccc1. The van der Waals surface area contributed by atoms with Crippen molar-refractivity contribution in [3.63, 3.8) is 0 Å². The molecule has 0 fully saturated rings. The van der Waals surface area contributed by atoms with Crippen molar-refractivity contribution in [2.75, 3.05) is 0 Å². The zero-order valence-electron chi connectivity index (χ0n) is 8.95. The molecule has 0 aromatic heterocycles. The van der Waals surface area contributed by atoms with Gasteiger partial charge in [-0.1, -0.05) is 41.9 Å². The van der Waals surface area contributed by atoms with Crippen LogP contribution in [-0.2, 0) is 0 Å². The molecule has 2 N–H and O–H groups in total. The van der Waals surface area contributed by atoms with E-state index in [1.165, 1.54) is 6.08 Å². The van der Waals surface area contributed by atoms with Crippen LogP contribution < -0.4 is 5.73 Å². The molecule has 0 heterocycles. The molecule has 0 amide bonds. The van der Waals surface area contributed by atoms with Gasteiger partial charge in [0.05, 0.1) is 0 Å². The maximum atomic E-state index is 14.5. The zero-order valence-corrected chi connectivity index (χ0v) is 9.71. The maximum absolute atomic E-state index is 14.5. The Morgan fingerprint density at radius 1 is 1.35 bits per heavy atom. The van der Waals surface area contributed by atoms with Crippen molar-refractivity contribution in [2.45, 2.75) is 12.1 Å². The second kappa shape index (κ2) is 4.23. The molecule has 1 aliphatic rings. The normalized spacial score (nSPS) is 24.2. The molecule has 86 valence electrons. The number of hydrogen-bond acceptors (Lipinski definition) is 2. The van der Waals surface area contributed by atoms with E-state index in [1.807, 2.05) is 6.07 Å². The highest BCUT2D eigenvalue weighted by Crippen LogP contribution is 2.41. The van der Waals surface area contributed by atoms with Gasteiger partial charge in [-0.2, -0.15) is 5.26 Å². The highest BCUT2D eigenvalue weighted by molar-refractivity contribution is 6.30. The van der Waals surface area contributed by atoms with E-state index in [1.54, 1.807) is 30.3 Å². The molecule has 0 saturated heterocycles. The van der Waals surface area contributed by atoms with Crippen LogP contribution in [0.2, 0.25) is 0 Å². The molecule has 4 heteroatoms. The van der Waals surface area contributed by atoms with E-state index in [2.05, 4.69) is 0 Å². The van der Waals surface area contributed by atoms with E-state index < -0.39 is 5.67 Å². The van der Waals surface area contributed by atoms with Gasteiger partial charge >= 0.3 is 0 Å². The van der Waals surface area contributed by atoms with Crippen LogP contribution in [0.1, 0.15) is 12.0 Å². The van der Waals surface area contributed by atoms with Crippen molar-refractivity contribution in [1.82, 2.24) is 0 Å². The van der Waals surface area contributed by atoms with Gasteiger partial charge in [0, 0.05) is 22.7 Å². The van der Waals surface area contributed by atoms with Gasteiger partial charge in [-0.05, 0) is 11.6 Å². The molecule has 0 saturated carbocycles. The molecular weight excluding hydrogens is 239 g/mol. The van der Waals surface area contributed by atoms with Gasteiger partial charge in [0.1, 0.15) is 6.07 Å². The van der Waals surface area contributed by atoms with Gasteiger partial charge in [-0.25, -0.2) is 4.39 Å². The summed E-state index contributed by atoms with van der Waals surface area (Å²) >= 11 is 5.80. The van der Waals surface area contributed by atoms with Gasteiger partial charge in [-0.15, -0.1) is 0 Å². The first-order valence-electron chi connectivity index (χ1n) is 5.09. The second-order valence-electron chi connectivity index (χ2n) is 3.87. The van der Waals surface area contributed by atoms with E-state index in [-0.39, 0.29) is 17.0 Å². The quantitative estimate of drug-likeness (QED) is 0.830. The Kier molecular flexibility index (Phi) is 2.91. The summed E-state index contributed by atoms with van der Waals surface area (Å²) < 4.78 is 14.5. The molecule has 1 aliphatic carbocycles. The number of allylic oxidation sites excluding steroid dienone is 3. The first-order valence-corrected chi connectivity index (χ1v) is 5.46. The van der Waals surface area contributed by atoms with Crippen LogP contribution in [0.4, 0.5) is 4.39 Å². The first kappa shape index (κ1) is 11.7. The van der Waals surface area contributed by atoms with Crippen LogP contribution in [-0.4, -0.2) is 5.67 Å². The average Bonchev–Trinajstić information content (AvgIpc) is 2.35. The number of nitrogens with two attached hydrogens (primary N) is 1. The van der Waals surface area contributed by atoms with Crippen molar-refractivity contribution in [3.05, 3.63) is 52.7 Å². The van der Waals surface area contributed by atoms with Crippen LogP contribution in [0, 0.1) is 11.3 Å². The smallest absolute Gasteiger partial charge is 0.226 e. The fourth-order valence-corrected chi connectivity index (χ4v) is 2.03. The Morgan fingerprint density at radius 2 is 2.00 bits per heavy atom. The van der Waals surface area contributed by atoms with Crippen LogP contribution in [0.15, 0.2) is 47.1 Å². The molecule has 2 rings (SSSR count). The van der Waals surface area contributed by atoms with Crippen molar-refractivity contribution in [1.29, 1.82) is 5.26 Å². The Morgan fingerprint density at radius 3 is 2.59 bits per heavy atom. The number of nitrogens with zero attached hydrogens (tertiary/aromatic N) is 1. The second-order valence-corrected chi connectivity index (χ2v) is 4.33. The number of nitriles is 1. The van der Waals surface area contributed by atoms with Crippen LogP contribution >= 0.6 is 11.6 Å².